The van der Waals surface area contributed by atoms with Crippen LogP contribution in [0.3, 0.4) is 0 Å². The summed E-state index contributed by atoms with van der Waals surface area (Å²) in [5.74, 6) is -0.896. The number of anilines is 1. The monoisotopic (exact) mass is 376 g/mol. The molecule has 27 heavy (non-hydrogen) atoms. The van der Waals surface area contributed by atoms with Crippen LogP contribution in [0.4, 0.5) is 19.3 Å². The fourth-order valence-corrected chi connectivity index (χ4v) is 3.26. The summed E-state index contributed by atoms with van der Waals surface area (Å²) < 4.78 is 33.2. The maximum absolute atomic E-state index is 13.9. The summed E-state index contributed by atoms with van der Waals surface area (Å²) in [6, 6.07) is 2.39. The Hall–Kier alpha value is -2.97. The number of hydrogen-bond donors (Lipinski definition) is 2. The van der Waals surface area contributed by atoms with Crippen LogP contribution in [0.5, 0.6) is 0 Å². The first-order valence-corrected chi connectivity index (χ1v) is 8.74. The highest BCUT2D eigenvalue weighted by Gasteiger charge is 2.35. The SMILES string of the molecule is O=C(NCc1ncoc1C1CC1)NC1CC(=O)N(c2c(F)cccc2F)C1. The molecule has 2 aromatic rings. The van der Waals surface area contributed by atoms with Gasteiger partial charge in [0.05, 0.1) is 12.6 Å². The predicted molar refractivity (Wildman–Crippen MR) is 91.0 cm³/mol. The highest BCUT2D eigenvalue weighted by Crippen LogP contribution is 2.41. The lowest BCUT2D eigenvalue weighted by atomic mass is 10.2. The van der Waals surface area contributed by atoms with Gasteiger partial charge in [-0.1, -0.05) is 6.07 Å². The summed E-state index contributed by atoms with van der Waals surface area (Å²) in [4.78, 5) is 29.4. The molecule has 0 spiro atoms. The Bertz CT molecular complexity index is 861. The standard InChI is InChI=1S/C18H18F2N4O3/c19-12-2-1-3-13(20)16(12)24-8-11(6-15(24)25)23-18(26)21-7-14-17(10-4-5-10)27-9-22-14/h1-3,9-11H,4-8H2,(H2,21,23,26). The van der Waals surface area contributed by atoms with Crippen molar-refractivity contribution < 1.29 is 22.8 Å². The number of rotatable bonds is 5. The predicted octanol–water partition coefficient (Wildman–Crippen LogP) is 2.43. The Kier molecular flexibility index (Phi) is 4.51. The van der Waals surface area contributed by atoms with Crippen LogP contribution in [-0.2, 0) is 11.3 Å². The summed E-state index contributed by atoms with van der Waals surface area (Å²) in [6.45, 7) is 0.210. The van der Waals surface area contributed by atoms with Crippen LogP contribution in [0.15, 0.2) is 29.0 Å². The minimum atomic E-state index is -0.813. The zero-order chi connectivity index (χ0) is 19.0. The Labute approximate surface area is 153 Å². The summed E-state index contributed by atoms with van der Waals surface area (Å²) >= 11 is 0. The summed E-state index contributed by atoms with van der Waals surface area (Å²) in [5, 5.41) is 5.34. The maximum Gasteiger partial charge on any atom is 0.315 e. The van der Waals surface area contributed by atoms with Crippen LogP contribution >= 0.6 is 0 Å². The van der Waals surface area contributed by atoms with Crippen LogP contribution in [0.2, 0.25) is 0 Å². The zero-order valence-electron chi connectivity index (χ0n) is 14.4. The number of carbonyl (C=O) groups is 2. The highest BCUT2D eigenvalue weighted by atomic mass is 19.1. The van der Waals surface area contributed by atoms with Gasteiger partial charge in [-0.15, -0.1) is 0 Å². The van der Waals surface area contributed by atoms with Gasteiger partial charge < -0.3 is 20.0 Å². The lowest BCUT2D eigenvalue weighted by Gasteiger charge is -2.18. The van der Waals surface area contributed by atoms with Crippen LogP contribution in [0, 0.1) is 11.6 Å². The van der Waals surface area contributed by atoms with Gasteiger partial charge in [-0.3, -0.25) is 4.79 Å². The van der Waals surface area contributed by atoms with Crippen molar-refractivity contribution in [2.75, 3.05) is 11.4 Å². The Morgan fingerprint density at radius 3 is 2.74 bits per heavy atom. The first-order chi connectivity index (χ1) is 13.0. The van der Waals surface area contributed by atoms with Gasteiger partial charge in [0.2, 0.25) is 5.91 Å². The molecule has 1 atom stereocenters. The number of nitrogens with one attached hydrogen (secondary N) is 2. The first-order valence-electron chi connectivity index (χ1n) is 8.74. The molecular weight excluding hydrogens is 358 g/mol. The number of halogens is 2. The largest absolute Gasteiger partial charge is 0.448 e. The summed E-state index contributed by atoms with van der Waals surface area (Å²) in [5.41, 5.74) is 0.300. The lowest BCUT2D eigenvalue weighted by Crippen LogP contribution is -2.43. The van der Waals surface area contributed by atoms with E-state index in [0.717, 1.165) is 35.6 Å². The third kappa shape index (κ3) is 3.62. The van der Waals surface area contributed by atoms with Crippen LogP contribution < -0.4 is 15.5 Å². The number of hydrogen-bond acceptors (Lipinski definition) is 4. The van der Waals surface area contributed by atoms with Gasteiger partial charge in [0.25, 0.3) is 0 Å². The fraction of sp³-hybridized carbons (Fsp3) is 0.389. The van der Waals surface area contributed by atoms with Crippen LogP contribution in [0.25, 0.3) is 0 Å². The minimum absolute atomic E-state index is 0.00138. The molecule has 9 heteroatoms. The summed E-state index contributed by atoms with van der Waals surface area (Å²) in [7, 11) is 0. The van der Waals surface area contributed by atoms with E-state index in [1.165, 1.54) is 12.5 Å². The van der Waals surface area contributed by atoms with Gasteiger partial charge in [0.15, 0.2) is 6.39 Å². The lowest BCUT2D eigenvalue weighted by molar-refractivity contribution is -0.117. The van der Waals surface area contributed by atoms with E-state index in [1.54, 1.807) is 0 Å². The third-order valence-corrected chi connectivity index (χ3v) is 4.70. The molecule has 2 N–H and O–H groups in total. The molecule has 4 rings (SSSR count). The highest BCUT2D eigenvalue weighted by molar-refractivity contribution is 5.97. The zero-order valence-corrected chi connectivity index (χ0v) is 14.4. The average molecular weight is 376 g/mol. The second-order valence-electron chi connectivity index (χ2n) is 6.74. The third-order valence-electron chi connectivity index (χ3n) is 4.70. The molecule has 1 saturated heterocycles. The van der Waals surface area contributed by atoms with Crippen molar-refractivity contribution in [3.63, 3.8) is 0 Å². The van der Waals surface area contributed by atoms with Crippen LogP contribution in [-0.4, -0.2) is 29.5 Å². The topological polar surface area (TPSA) is 87.5 Å². The molecule has 1 unspecified atom stereocenters. The van der Waals surface area contributed by atoms with E-state index >= 15 is 0 Å². The van der Waals surface area contributed by atoms with Crippen molar-refractivity contribution in [1.82, 2.24) is 15.6 Å². The molecule has 2 aliphatic rings. The second-order valence-corrected chi connectivity index (χ2v) is 6.74. The van der Waals surface area contributed by atoms with Gasteiger partial charge in [0, 0.05) is 18.9 Å². The number of urea groups is 1. The molecule has 2 fully saturated rings. The van der Waals surface area contributed by atoms with Crippen molar-refractivity contribution in [2.45, 2.75) is 37.8 Å². The smallest absolute Gasteiger partial charge is 0.315 e. The van der Waals surface area contributed by atoms with Gasteiger partial charge in [-0.25, -0.2) is 18.6 Å². The fourth-order valence-electron chi connectivity index (χ4n) is 3.26. The van der Waals surface area contributed by atoms with E-state index < -0.39 is 29.6 Å². The Morgan fingerprint density at radius 2 is 2.04 bits per heavy atom. The number of carbonyl (C=O) groups excluding carboxylic acids is 2. The minimum Gasteiger partial charge on any atom is -0.448 e. The number of benzene rings is 1. The second kappa shape index (κ2) is 6.98. The van der Waals surface area contributed by atoms with E-state index in [2.05, 4.69) is 15.6 Å². The van der Waals surface area contributed by atoms with E-state index in [4.69, 9.17) is 4.42 Å². The van der Waals surface area contributed by atoms with Gasteiger partial charge >= 0.3 is 6.03 Å². The molecular formula is C18H18F2N4O3. The normalized spacial score (nSPS) is 19.4. The molecule has 3 amide bonds. The average Bonchev–Trinajstić information content (AvgIpc) is 3.25. The summed E-state index contributed by atoms with van der Waals surface area (Å²) in [6.07, 6.45) is 3.44. The molecule has 2 heterocycles. The van der Waals surface area contributed by atoms with E-state index in [0.29, 0.717) is 11.6 Å². The van der Waals surface area contributed by atoms with Gasteiger partial charge in [0.1, 0.15) is 28.8 Å². The van der Waals surface area contributed by atoms with Crippen molar-refractivity contribution in [3.05, 3.63) is 47.7 Å². The van der Waals surface area contributed by atoms with Crippen molar-refractivity contribution in [2.24, 2.45) is 0 Å². The van der Waals surface area contributed by atoms with Crippen LogP contribution in [0.1, 0.15) is 36.6 Å². The molecule has 1 aliphatic carbocycles. The molecule has 1 aliphatic heterocycles. The Balaban J connectivity index is 1.34. The molecule has 1 aromatic carbocycles. The first kappa shape index (κ1) is 17.4. The van der Waals surface area contributed by atoms with Gasteiger partial charge in [-0.2, -0.15) is 0 Å². The molecule has 142 valence electrons. The number of nitrogens with zero attached hydrogens (tertiary/aromatic N) is 2. The number of amides is 3. The molecule has 0 radical (unpaired) electrons. The number of aromatic nitrogens is 1. The van der Waals surface area contributed by atoms with E-state index in [9.17, 15) is 18.4 Å². The van der Waals surface area contributed by atoms with E-state index in [-0.39, 0.29) is 25.2 Å². The van der Waals surface area contributed by atoms with Gasteiger partial charge in [-0.05, 0) is 25.0 Å². The van der Waals surface area contributed by atoms with E-state index in [1.807, 2.05) is 0 Å². The molecule has 1 saturated carbocycles. The maximum atomic E-state index is 13.9. The number of oxazole rings is 1. The van der Waals surface area contributed by atoms with Crippen molar-refractivity contribution >= 4 is 17.6 Å². The molecule has 1 aromatic heterocycles. The number of para-hydroxylation sites is 1. The van der Waals surface area contributed by atoms with Crippen molar-refractivity contribution in [1.29, 1.82) is 0 Å². The molecule has 7 nitrogen and oxygen atoms in total. The van der Waals surface area contributed by atoms with Crippen molar-refractivity contribution in [3.8, 4) is 0 Å². The quantitative estimate of drug-likeness (QED) is 0.839. The molecule has 0 bridgehead atoms. The Morgan fingerprint density at radius 1 is 1.30 bits per heavy atom.